The summed E-state index contributed by atoms with van der Waals surface area (Å²) in [6.45, 7) is 0. The van der Waals surface area contributed by atoms with Gasteiger partial charge in [-0.15, -0.1) is 0 Å². The summed E-state index contributed by atoms with van der Waals surface area (Å²) in [6.07, 6.45) is -4.06. The first-order chi connectivity index (χ1) is 17.0. The van der Waals surface area contributed by atoms with E-state index >= 15 is 0 Å². The van der Waals surface area contributed by atoms with Crippen molar-refractivity contribution < 1.29 is 31.9 Å². The molecule has 2 heterocycles. The number of carbonyl (C=O) groups is 1. The maximum absolute atomic E-state index is 14.2. The van der Waals surface area contributed by atoms with Crippen LogP contribution in [0.15, 0.2) is 59.7 Å². The van der Waals surface area contributed by atoms with Crippen LogP contribution in [0.25, 0.3) is 11.3 Å². The molecular weight excluding hydrogens is 489 g/mol. The number of hydrogen-bond acceptors (Lipinski definition) is 4. The molecule has 36 heavy (non-hydrogen) atoms. The molecule has 0 spiro atoms. The number of aromatic amines is 1. The molecule has 186 valence electrons. The van der Waals surface area contributed by atoms with E-state index < -0.39 is 40.9 Å². The molecule has 4 N–H and O–H groups in total. The zero-order valence-electron chi connectivity index (χ0n) is 18.2. The summed E-state index contributed by atoms with van der Waals surface area (Å²) >= 11 is 0. The maximum Gasteiger partial charge on any atom is 0.435 e. The van der Waals surface area contributed by atoms with Gasteiger partial charge in [-0.1, -0.05) is 12.1 Å². The van der Waals surface area contributed by atoms with Crippen molar-refractivity contribution in [2.75, 3.05) is 10.6 Å². The lowest BCUT2D eigenvalue weighted by Gasteiger charge is -2.11. The average Bonchev–Trinajstić information content (AvgIpc) is 3.42. The highest BCUT2D eigenvalue weighted by Crippen LogP contribution is 2.31. The molecule has 2 aromatic carbocycles. The molecule has 4 aromatic rings. The van der Waals surface area contributed by atoms with Crippen molar-refractivity contribution in [3.8, 4) is 17.0 Å². The van der Waals surface area contributed by atoms with Crippen LogP contribution in [-0.4, -0.2) is 37.0 Å². The number of guanidine groups is 1. The van der Waals surface area contributed by atoms with Crippen molar-refractivity contribution >= 4 is 23.4 Å². The first kappa shape index (κ1) is 24.4. The Kier molecular flexibility index (Phi) is 6.42. The molecule has 4 rings (SSSR count). The monoisotopic (exact) mass is 505 g/mol. The summed E-state index contributed by atoms with van der Waals surface area (Å²) in [7, 11) is 1.21. The number of benzene rings is 2. The number of H-pyrrole nitrogens is 1. The van der Waals surface area contributed by atoms with Crippen molar-refractivity contribution in [1.29, 1.82) is 0 Å². The lowest BCUT2D eigenvalue weighted by atomic mass is 10.1. The van der Waals surface area contributed by atoms with Gasteiger partial charge >= 0.3 is 6.18 Å². The Morgan fingerprint density at radius 1 is 1.08 bits per heavy atom. The van der Waals surface area contributed by atoms with Gasteiger partial charge in [0.15, 0.2) is 5.69 Å². The number of carbonyl (C=O) groups excluding carboxylic acids is 1. The van der Waals surface area contributed by atoms with Crippen molar-refractivity contribution in [2.45, 2.75) is 6.18 Å². The van der Waals surface area contributed by atoms with Crippen LogP contribution in [0.3, 0.4) is 0 Å². The van der Waals surface area contributed by atoms with Crippen molar-refractivity contribution in [3.63, 3.8) is 0 Å². The number of nitrogens with one attached hydrogen (secondary N) is 3. The third kappa shape index (κ3) is 5.32. The Morgan fingerprint density at radius 2 is 1.83 bits per heavy atom. The van der Waals surface area contributed by atoms with E-state index in [1.54, 1.807) is 0 Å². The van der Waals surface area contributed by atoms with E-state index in [1.807, 2.05) is 0 Å². The first-order valence-electron chi connectivity index (χ1n) is 10.1. The zero-order valence-corrected chi connectivity index (χ0v) is 18.2. The number of phenolic OH excluding ortho intramolecular Hbond substituents is 1. The number of nitrogens with zero attached hydrogens (tertiary/aromatic N) is 4. The van der Waals surface area contributed by atoms with Gasteiger partial charge in [-0.3, -0.25) is 14.6 Å². The molecule has 14 heteroatoms. The highest BCUT2D eigenvalue weighted by atomic mass is 19.4. The van der Waals surface area contributed by atoms with Gasteiger partial charge in [0.2, 0.25) is 5.96 Å². The van der Waals surface area contributed by atoms with E-state index in [2.05, 4.69) is 30.9 Å². The number of rotatable bonds is 4. The average molecular weight is 505 g/mol. The molecule has 0 saturated heterocycles. The topological polar surface area (TPSA) is 120 Å². The van der Waals surface area contributed by atoms with E-state index in [0.29, 0.717) is 0 Å². The second kappa shape index (κ2) is 9.48. The molecule has 0 aliphatic heterocycles. The van der Waals surface area contributed by atoms with Crippen LogP contribution in [-0.2, 0) is 13.2 Å². The van der Waals surface area contributed by atoms with Crippen LogP contribution < -0.4 is 10.6 Å². The fourth-order valence-corrected chi connectivity index (χ4v) is 3.16. The number of aromatic hydroxyl groups is 1. The van der Waals surface area contributed by atoms with Gasteiger partial charge in [-0.2, -0.15) is 28.4 Å². The summed E-state index contributed by atoms with van der Waals surface area (Å²) in [5.41, 5.74) is -2.27. The molecule has 0 aliphatic carbocycles. The molecule has 0 fully saturated rings. The summed E-state index contributed by atoms with van der Waals surface area (Å²) in [5, 5.41) is 24.2. The number of aromatic nitrogens is 4. The summed E-state index contributed by atoms with van der Waals surface area (Å²) in [5.74, 6) is -3.52. The second-order valence-corrected chi connectivity index (χ2v) is 7.39. The molecule has 0 unspecified atom stereocenters. The van der Waals surface area contributed by atoms with Gasteiger partial charge in [0.1, 0.15) is 23.2 Å². The van der Waals surface area contributed by atoms with E-state index in [1.165, 1.54) is 43.4 Å². The number of amides is 1. The van der Waals surface area contributed by atoms with E-state index in [9.17, 15) is 31.9 Å². The van der Waals surface area contributed by atoms with Crippen molar-refractivity contribution in [1.82, 2.24) is 20.0 Å². The Labute approximate surface area is 199 Å². The number of aliphatic imine (C=N–C) groups is 1. The Bertz CT molecular complexity index is 1460. The molecule has 0 bridgehead atoms. The number of halogens is 5. The number of para-hydroxylation sites is 1. The van der Waals surface area contributed by atoms with E-state index in [0.717, 1.165) is 23.0 Å². The number of aryl methyl sites for hydroxylation is 1. The number of alkyl halides is 3. The summed E-state index contributed by atoms with van der Waals surface area (Å²) in [4.78, 5) is 16.3. The Hall–Kier alpha value is -4.75. The first-order valence-corrected chi connectivity index (χ1v) is 10.1. The third-order valence-corrected chi connectivity index (χ3v) is 4.73. The van der Waals surface area contributed by atoms with Crippen LogP contribution in [0.1, 0.15) is 16.1 Å². The lowest BCUT2D eigenvalue weighted by Crippen LogP contribution is -2.25. The van der Waals surface area contributed by atoms with Crippen LogP contribution in [0, 0.1) is 11.6 Å². The summed E-state index contributed by atoms with van der Waals surface area (Å²) in [6, 6.07) is 10.0. The number of phenols is 1. The lowest BCUT2D eigenvalue weighted by molar-refractivity contribution is -0.141. The molecule has 0 aliphatic rings. The predicted octanol–water partition coefficient (Wildman–Crippen LogP) is 4.53. The second-order valence-electron chi connectivity index (χ2n) is 7.39. The van der Waals surface area contributed by atoms with Gasteiger partial charge in [-0.05, 0) is 24.3 Å². The molecule has 0 saturated carbocycles. The van der Waals surface area contributed by atoms with Crippen LogP contribution >= 0.6 is 0 Å². The smallest absolute Gasteiger partial charge is 0.435 e. The molecule has 9 nitrogen and oxygen atoms in total. The van der Waals surface area contributed by atoms with E-state index in [-0.39, 0.29) is 28.5 Å². The van der Waals surface area contributed by atoms with Gasteiger partial charge in [-0.25, -0.2) is 8.78 Å². The fraction of sp³-hybridized carbons (Fsp3) is 0.0909. The van der Waals surface area contributed by atoms with Crippen LogP contribution in [0.2, 0.25) is 0 Å². The third-order valence-electron chi connectivity index (χ3n) is 4.73. The molecular formula is C22H16F5N7O2. The highest BCUT2D eigenvalue weighted by molar-refractivity contribution is 6.12. The molecule has 0 atom stereocenters. The Morgan fingerprint density at radius 3 is 2.53 bits per heavy atom. The predicted molar refractivity (Wildman–Crippen MR) is 119 cm³/mol. The standard InChI is InChI=1S/C22H16F5N7O2/c1-34-10-13(19(33-34)22(25,26)27)20(36)30-21(28-16-5-3-2-4-14(16)23)29-18-9-17(31-32-18)12-7-6-11(35)8-15(12)24/h2-10,35H,1H3,(H3,28,29,30,31,32,36). The minimum Gasteiger partial charge on any atom is -0.508 e. The molecule has 0 radical (unpaired) electrons. The van der Waals surface area contributed by atoms with Crippen LogP contribution in [0.5, 0.6) is 5.75 Å². The van der Waals surface area contributed by atoms with Gasteiger partial charge in [0.05, 0.1) is 16.9 Å². The van der Waals surface area contributed by atoms with Crippen LogP contribution in [0.4, 0.5) is 33.5 Å². The summed E-state index contributed by atoms with van der Waals surface area (Å²) < 4.78 is 69.1. The van der Waals surface area contributed by atoms with Gasteiger partial charge < -0.3 is 15.7 Å². The quantitative estimate of drug-likeness (QED) is 0.184. The Balaban J connectivity index is 1.69. The normalized spacial score (nSPS) is 12.0. The molecule has 2 aromatic heterocycles. The maximum atomic E-state index is 14.2. The SMILES string of the molecule is Cn1cc(C(=O)/N=C(/Nc2cc(-c3ccc(O)cc3F)n[nH]2)Nc2ccccc2F)c(C(F)(F)F)n1. The van der Waals surface area contributed by atoms with E-state index in [4.69, 9.17) is 0 Å². The fourth-order valence-electron chi connectivity index (χ4n) is 3.16. The van der Waals surface area contributed by atoms with Crippen molar-refractivity contribution in [2.24, 2.45) is 12.0 Å². The van der Waals surface area contributed by atoms with Gasteiger partial charge in [0, 0.05) is 30.9 Å². The largest absolute Gasteiger partial charge is 0.508 e. The van der Waals surface area contributed by atoms with Gasteiger partial charge in [0.25, 0.3) is 5.91 Å². The number of anilines is 2. The highest BCUT2D eigenvalue weighted by Gasteiger charge is 2.39. The molecule has 1 amide bonds. The van der Waals surface area contributed by atoms with Crippen molar-refractivity contribution in [3.05, 3.63) is 77.6 Å². The zero-order chi connectivity index (χ0) is 26.0. The number of hydrogen-bond donors (Lipinski definition) is 4. The minimum atomic E-state index is -4.92. The minimum absolute atomic E-state index is 0.0268.